The molecule has 7 nitrogen and oxygen atoms in total. The number of piperidine rings is 1. The normalized spacial score (nSPS) is 16.5. The van der Waals surface area contributed by atoms with E-state index >= 15 is 0 Å². The van der Waals surface area contributed by atoms with Gasteiger partial charge >= 0.3 is 0 Å². The maximum atomic E-state index is 14.1. The Balaban J connectivity index is 1.27. The van der Waals surface area contributed by atoms with E-state index in [2.05, 4.69) is 14.5 Å². The molecule has 0 amide bonds. The number of nitrogens with zero attached hydrogens (tertiary/aromatic N) is 3. The molecule has 206 valence electrons. The minimum atomic E-state index is -3.29. The predicted octanol–water partition coefficient (Wildman–Crippen LogP) is 4.84. The highest BCUT2D eigenvalue weighted by Gasteiger charge is 2.24. The van der Waals surface area contributed by atoms with Crippen LogP contribution in [-0.4, -0.2) is 63.4 Å². The van der Waals surface area contributed by atoms with Crippen molar-refractivity contribution in [3.05, 3.63) is 90.0 Å². The summed E-state index contributed by atoms with van der Waals surface area (Å²) < 4.78 is 63.9. The van der Waals surface area contributed by atoms with E-state index in [9.17, 15) is 21.2 Å². The van der Waals surface area contributed by atoms with Crippen LogP contribution in [0, 0.1) is 5.82 Å². The summed E-state index contributed by atoms with van der Waals surface area (Å²) in [4.78, 5) is 7.41. The second kappa shape index (κ2) is 10.8. The molecule has 39 heavy (non-hydrogen) atoms. The van der Waals surface area contributed by atoms with E-state index < -0.39 is 19.7 Å². The summed E-state index contributed by atoms with van der Waals surface area (Å²) in [6.45, 7) is 2.62. The Bertz CT molecular complexity index is 1690. The summed E-state index contributed by atoms with van der Waals surface area (Å²) in [5.74, 6) is -0.351. The highest BCUT2D eigenvalue weighted by atomic mass is 32.2. The van der Waals surface area contributed by atoms with Gasteiger partial charge in [0.15, 0.2) is 19.7 Å². The van der Waals surface area contributed by atoms with Gasteiger partial charge in [0.2, 0.25) is 0 Å². The number of benzene rings is 3. The third-order valence-corrected chi connectivity index (χ3v) is 9.86. The molecule has 2 heterocycles. The largest absolute Gasteiger partial charge is 0.327 e. The van der Waals surface area contributed by atoms with Crippen molar-refractivity contribution >= 4 is 30.7 Å². The Morgan fingerprint density at radius 1 is 0.872 bits per heavy atom. The summed E-state index contributed by atoms with van der Waals surface area (Å²) in [5.41, 5.74) is 3.45. The first-order valence-corrected chi connectivity index (χ1v) is 16.7. The van der Waals surface area contributed by atoms with Crippen LogP contribution >= 0.6 is 0 Å². The van der Waals surface area contributed by atoms with Gasteiger partial charge in [0.25, 0.3) is 0 Å². The second-order valence-electron chi connectivity index (χ2n) is 10.4. The third-order valence-electron chi connectivity index (χ3n) is 7.62. The molecule has 0 radical (unpaired) electrons. The number of aromatic nitrogens is 2. The zero-order valence-corrected chi connectivity index (χ0v) is 23.6. The molecule has 1 saturated heterocycles. The first-order valence-electron chi connectivity index (χ1n) is 12.9. The van der Waals surface area contributed by atoms with E-state index in [1.54, 1.807) is 42.7 Å². The number of likely N-dealkylation sites (tertiary alicyclic amines) is 1. The summed E-state index contributed by atoms with van der Waals surface area (Å²) in [6.07, 6.45) is 6.84. The molecule has 4 aromatic rings. The average molecular weight is 570 g/mol. The van der Waals surface area contributed by atoms with Gasteiger partial charge in [0.05, 0.1) is 27.2 Å². The van der Waals surface area contributed by atoms with E-state index in [4.69, 9.17) is 0 Å². The summed E-state index contributed by atoms with van der Waals surface area (Å²) in [6, 6.07) is 18.9. The highest BCUT2D eigenvalue weighted by Crippen LogP contribution is 2.32. The molecule has 0 spiro atoms. The number of hydrogen-bond donors (Lipinski definition) is 0. The Labute approximate surface area is 229 Å². The van der Waals surface area contributed by atoms with Crippen LogP contribution in [0.2, 0.25) is 0 Å². The summed E-state index contributed by atoms with van der Waals surface area (Å²) in [7, 11) is -6.58. The topological polar surface area (TPSA) is 89.3 Å². The molecule has 1 aliphatic heterocycles. The van der Waals surface area contributed by atoms with Crippen molar-refractivity contribution in [1.29, 1.82) is 0 Å². The fourth-order valence-electron chi connectivity index (χ4n) is 5.46. The van der Waals surface area contributed by atoms with Crippen LogP contribution in [0.4, 0.5) is 4.39 Å². The first-order chi connectivity index (χ1) is 18.5. The minimum absolute atomic E-state index is 0.0614. The molecule has 1 fully saturated rings. The smallest absolute Gasteiger partial charge is 0.175 e. The summed E-state index contributed by atoms with van der Waals surface area (Å²) >= 11 is 0. The van der Waals surface area contributed by atoms with Gasteiger partial charge in [0, 0.05) is 37.6 Å². The molecule has 1 atom stereocenters. The minimum Gasteiger partial charge on any atom is -0.327 e. The van der Waals surface area contributed by atoms with Gasteiger partial charge in [-0.1, -0.05) is 24.3 Å². The zero-order valence-electron chi connectivity index (χ0n) is 22.0. The number of halogens is 1. The molecule has 1 aromatic heterocycles. The molecule has 5 rings (SSSR count). The number of hydrogen-bond acceptors (Lipinski definition) is 6. The lowest BCUT2D eigenvalue weighted by Crippen LogP contribution is -2.35. The fraction of sp³-hybridized carbons (Fsp3) is 0.345. The number of rotatable bonds is 8. The lowest BCUT2D eigenvalue weighted by Gasteiger charge is -2.33. The Kier molecular flexibility index (Phi) is 7.63. The van der Waals surface area contributed by atoms with E-state index in [1.165, 1.54) is 18.6 Å². The van der Waals surface area contributed by atoms with E-state index in [0.29, 0.717) is 5.52 Å². The van der Waals surface area contributed by atoms with Crippen molar-refractivity contribution in [2.75, 3.05) is 32.1 Å². The van der Waals surface area contributed by atoms with Gasteiger partial charge in [-0.05, 0) is 79.4 Å². The molecule has 3 aromatic carbocycles. The highest BCUT2D eigenvalue weighted by molar-refractivity contribution is 7.91. The zero-order chi connectivity index (χ0) is 27.8. The quantitative estimate of drug-likeness (QED) is 0.302. The van der Waals surface area contributed by atoms with Gasteiger partial charge in [0.1, 0.15) is 5.82 Å². The molecule has 0 unspecified atom stereocenters. The van der Waals surface area contributed by atoms with Crippen molar-refractivity contribution in [2.24, 2.45) is 0 Å². The number of sulfone groups is 2. The fourth-order valence-corrected chi connectivity index (χ4v) is 6.73. The van der Waals surface area contributed by atoms with Crippen molar-refractivity contribution in [3.8, 4) is 0 Å². The predicted molar refractivity (Wildman–Crippen MR) is 150 cm³/mol. The maximum absolute atomic E-state index is 14.1. The number of fused-ring (bicyclic) bond motifs is 1. The van der Waals surface area contributed by atoms with Crippen molar-refractivity contribution in [2.45, 2.75) is 41.0 Å². The first kappa shape index (κ1) is 27.5. The van der Waals surface area contributed by atoms with E-state index in [-0.39, 0.29) is 27.6 Å². The van der Waals surface area contributed by atoms with Gasteiger partial charge in [-0.15, -0.1) is 0 Å². The monoisotopic (exact) mass is 569 g/mol. The van der Waals surface area contributed by atoms with Crippen molar-refractivity contribution in [1.82, 2.24) is 14.5 Å². The Morgan fingerprint density at radius 2 is 1.54 bits per heavy atom. The van der Waals surface area contributed by atoms with Gasteiger partial charge in [-0.2, -0.15) is 0 Å². The molecule has 0 bridgehead atoms. The molecular weight excluding hydrogens is 537 g/mol. The van der Waals surface area contributed by atoms with Crippen LogP contribution in [0.15, 0.2) is 82.8 Å². The van der Waals surface area contributed by atoms with Crippen molar-refractivity contribution < 1.29 is 21.2 Å². The van der Waals surface area contributed by atoms with E-state index in [1.807, 2.05) is 24.3 Å². The molecule has 0 aliphatic carbocycles. The SMILES string of the molecule is CS(=O)(=O)c1ccc([C@@H](CCN2CCC(n3cnc4cc(S(C)(=O)=O)ccc43)CC2)c2cccc(F)c2)cc1. The Hall–Kier alpha value is -3.08. The van der Waals surface area contributed by atoms with Crippen molar-refractivity contribution in [3.63, 3.8) is 0 Å². The van der Waals surface area contributed by atoms with Crippen LogP contribution in [0.1, 0.15) is 42.3 Å². The summed E-state index contributed by atoms with van der Waals surface area (Å²) in [5, 5.41) is 0. The maximum Gasteiger partial charge on any atom is 0.175 e. The van der Waals surface area contributed by atoms with Gasteiger partial charge in [-0.25, -0.2) is 26.2 Å². The second-order valence-corrected chi connectivity index (χ2v) is 14.4. The molecule has 0 saturated carbocycles. The Morgan fingerprint density at radius 3 is 2.18 bits per heavy atom. The lowest BCUT2D eigenvalue weighted by molar-refractivity contribution is 0.184. The molecular formula is C29H32FN3O4S2. The number of imidazole rings is 1. The van der Waals surface area contributed by atoms with Crippen LogP contribution in [0.5, 0.6) is 0 Å². The van der Waals surface area contributed by atoms with Gasteiger partial charge < -0.3 is 9.47 Å². The molecule has 1 aliphatic rings. The van der Waals surface area contributed by atoms with Crippen LogP contribution < -0.4 is 0 Å². The van der Waals surface area contributed by atoms with E-state index in [0.717, 1.165) is 55.5 Å². The average Bonchev–Trinajstić information content (AvgIpc) is 3.32. The van der Waals surface area contributed by atoms with Crippen LogP contribution in [0.3, 0.4) is 0 Å². The van der Waals surface area contributed by atoms with Crippen LogP contribution in [0.25, 0.3) is 11.0 Å². The standard InChI is InChI=1S/C29H32FN3O4S2/c1-38(34,35)25-8-6-21(7-9-25)27(22-4-3-5-23(30)18-22)14-17-32-15-12-24(13-16-32)33-20-31-28-19-26(39(2,36)37)10-11-29(28)33/h3-11,18-20,24,27H,12-17H2,1-2H3/t27-/m1/s1. The molecule has 10 heteroatoms. The lowest BCUT2D eigenvalue weighted by atomic mass is 9.88. The molecule has 0 N–H and O–H groups in total. The van der Waals surface area contributed by atoms with Gasteiger partial charge in [-0.3, -0.25) is 0 Å². The van der Waals surface area contributed by atoms with Crippen LogP contribution in [-0.2, 0) is 19.7 Å². The third kappa shape index (κ3) is 6.23.